The molecule has 1 aromatic carbocycles. The molecule has 0 aliphatic carbocycles. The largest absolute Gasteiger partial charge is 0.482 e. The van der Waals surface area contributed by atoms with Crippen LogP contribution in [0.15, 0.2) is 18.2 Å². The smallest absolute Gasteiger partial charge is 0.265 e. The number of hydrogen-bond donors (Lipinski definition) is 1. The highest BCUT2D eigenvalue weighted by Gasteiger charge is 2.26. The van der Waals surface area contributed by atoms with E-state index >= 15 is 0 Å². The second-order valence-corrected chi connectivity index (χ2v) is 5.91. The molecule has 0 fully saturated rings. The van der Waals surface area contributed by atoms with Crippen LogP contribution in [0.2, 0.25) is 0 Å². The molecule has 104 valence electrons. The molecule has 0 bridgehead atoms. The van der Waals surface area contributed by atoms with Crippen molar-refractivity contribution in [1.82, 2.24) is 0 Å². The van der Waals surface area contributed by atoms with E-state index in [2.05, 4.69) is 32.9 Å². The molecular weight excluding hydrogens is 240 g/mol. The number of carbonyl (C=O) groups is 1. The zero-order valence-corrected chi connectivity index (χ0v) is 11.9. The third-order valence-corrected chi connectivity index (χ3v) is 3.35. The molecule has 2 rings (SSSR count). The first-order chi connectivity index (χ1) is 8.93. The van der Waals surface area contributed by atoms with Crippen LogP contribution in [-0.4, -0.2) is 25.6 Å². The minimum absolute atomic E-state index is 0.00649. The molecule has 0 unspecified atom stereocenters. The Labute approximate surface area is 114 Å². The molecule has 1 aliphatic heterocycles. The molecule has 1 amide bonds. The molecule has 1 aromatic rings. The lowest BCUT2D eigenvalue weighted by atomic mass is 9.86. The Morgan fingerprint density at radius 3 is 2.74 bits per heavy atom. The molecule has 4 heteroatoms. The number of nitrogens with two attached hydrogens (primary N) is 1. The van der Waals surface area contributed by atoms with Crippen molar-refractivity contribution in [1.29, 1.82) is 0 Å². The molecule has 0 atom stereocenters. The van der Waals surface area contributed by atoms with E-state index in [1.165, 1.54) is 5.56 Å². The fourth-order valence-electron chi connectivity index (χ4n) is 2.16. The predicted octanol–water partition coefficient (Wildman–Crippen LogP) is 2.06. The van der Waals surface area contributed by atoms with E-state index in [-0.39, 0.29) is 17.9 Å². The summed E-state index contributed by atoms with van der Waals surface area (Å²) in [5.74, 6) is 0.789. The van der Waals surface area contributed by atoms with Gasteiger partial charge in [-0.2, -0.15) is 0 Å². The van der Waals surface area contributed by atoms with Crippen LogP contribution in [0, 0.1) is 0 Å². The maximum absolute atomic E-state index is 12.0. The zero-order valence-electron chi connectivity index (χ0n) is 11.9. The number of nitrogens with zero attached hydrogens (tertiary/aromatic N) is 1. The van der Waals surface area contributed by atoms with E-state index in [0.29, 0.717) is 13.1 Å². The maximum atomic E-state index is 12.0. The van der Waals surface area contributed by atoms with E-state index in [4.69, 9.17) is 10.5 Å². The van der Waals surface area contributed by atoms with Crippen LogP contribution in [-0.2, 0) is 10.2 Å². The van der Waals surface area contributed by atoms with Crippen molar-refractivity contribution in [2.45, 2.75) is 32.6 Å². The molecule has 0 saturated carbocycles. The van der Waals surface area contributed by atoms with Gasteiger partial charge in [-0.3, -0.25) is 4.79 Å². The molecule has 1 heterocycles. The lowest BCUT2D eigenvalue weighted by Gasteiger charge is -2.31. The molecule has 1 aliphatic rings. The van der Waals surface area contributed by atoms with Gasteiger partial charge in [0.1, 0.15) is 5.75 Å². The number of benzene rings is 1. The van der Waals surface area contributed by atoms with Gasteiger partial charge in [-0.25, -0.2) is 0 Å². The minimum Gasteiger partial charge on any atom is -0.482 e. The van der Waals surface area contributed by atoms with Crippen LogP contribution in [0.3, 0.4) is 0 Å². The van der Waals surface area contributed by atoms with Crippen molar-refractivity contribution < 1.29 is 9.53 Å². The molecule has 0 spiro atoms. The predicted molar refractivity (Wildman–Crippen MR) is 76.7 cm³/mol. The lowest BCUT2D eigenvalue weighted by Crippen LogP contribution is -2.40. The van der Waals surface area contributed by atoms with Crippen LogP contribution in [0.5, 0.6) is 5.75 Å². The van der Waals surface area contributed by atoms with Crippen molar-refractivity contribution in [2.24, 2.45) is 5.73 Å². The second-order valence-electron chi connectivity index (χ2n) is 5.91. The number of fused-ring (bicyclic) bond motifs is 1. The number of anilines is 1. The number of ether oxygens (including phenoxy) is 1. The summed E-state index contributed by atoms with van der Waals surface area (Å²) in [4.78, 5) is 13.8. The highest BCUT2D eigenvalue weighted by atomic mass is 16.5. The van der Waals surface area contributed by atoms with Gasteiger partial charge in [0.2, 0.25) is 0 Å². The van der Waals surface area contributed by atoms with Gasteiger partial charge >= 0.3 is 0 Å². The van der Waals surface area contributed by atoms with Crippen molar-refractivity contribution in [3.05, 3.63) is 23.8 Å². The fourth-order valence-corrected chi connectivity index (χ4v) is 2.16. The summed E-state index contributed by atoms with van der Waals surface area (Å²) in [7, 11) is 0. The normalized spacial score (nSPS) is 15.2. The van der Waals surface area contributed by atoms with Crippen LogP contribution < -0.4 is 15.4 Å². The summed E-state index contributed by atoms with van der Waals surface area (Å²) in [5, 5.41) is 0. The van der Waals surface area contributed by atoms with E-state index < -0.39 is 0 Å². The SMILES string of the molecule is CC(C)(C)c1ccc2c(c1)N(CCCN)C(=O)CO2. The molecule has 2 N–H and O–H groups in total. The maximum Gasteiger partial charge on any atom is 0.265 e. The van der Waals surface area contributed by atoms with Crippen LogP contribution in [0.25, 0.3) is 0 Å². The Balaban J connectivity index is 2.38. The first-order valence-electron chi connectivity index (χ1n) is 6.71. The first-order valence-corrected chi connectivity index (χ1v) is 6.71. The van der Waals surface area contributed by atoms with Crippen LogP contribution in [0.4, 0.5) is 5.69 Å². The highest BCUT2D eigenvalue weighted by molar-refractivity contribution is 5.97. The number of rotatable bonds is 3. The lowest BCUT2D eigenvalue weighted by molar-refractivity contribution is -0.121. The Kier molecular flexibility index (Phi) is 3.80. The van der Waals surface area contributed by atoms with Gasteiger partial charge in [-0.15, -0.1) is 0 Å². The average molecular weight is 262 g/mol. The Morgan fingerprint density at radius 2 is 2.11 bits per heavy atom. The van der Waals surface area contributed by atoms with E-state index in [9.17, 15) is 4.79 Å². The van der Waals surface area contributed by atoms with Crippen LogP contribution in [0.1, 0.15) is 32.8 Å². The molecule has 0 radical (unpaired) electrons. The minimum atomic E-state index is 0.00649. The zero-order chi connectivity index (χ0) is 14.0. The Hall–Kier alpha value is -1.55. The third kappa shape index (κ3) is 2.89. The molecule has 4 nitrogen and oxygen atoms in total. The van der Waals surface area contributed by atoms with E-state index in [1.807, 2.05) is 6.07 Å². The van der Waals surface area contributed by atoms with Crippen molar-refractivity contribution in [3.8, 4) is 5.75 Å². The molecule has 0 saturated heterocycles. The third-order valence-electron chi connectivity index (χ3n) is 3.35. The fraction of sp³-hybridized carbons (Fsp3) is 0.533. The Bertz CT molecular complexity index is 478. The van der Waals surface area contributed by atoms with Gasteiger partial charge in [-0.1, -0.05) is 26.8 Å². The summed E-state index contributed by atoms with van der Waals surface area (Å²) < 4.78 is 5.49. The second kappa shape index (κ2) is 5.21. The average Bonchev–Trinajstić information content (AvgIpc) is 2.36. The van der Waals surface area contributed by atoms with Gasteiger partial charge in [0.25, 0.3) is 5.91 Å². The molecular formula is C15H22N2O2. The standard InChI is InChI=1S/C15H22N2O2/c1-15(2,3)11-5-6-13-12(9-11)17(8-4-7-16)14(18)10-19-13/h5-6,9H,4,7-8,10,16H2,1-3H3. The van der Waals surface area contributed by atoms with Gasteiger partial charge in [0.15, 0.2) is 6.61 Å². The summed E-state index contributed by atoms with van der Waals surface area (Å²) >= 11 is 0. The number of hydrogen-bond acceptors (Lipinski definition) is 3. The highest BCUT2D eigenvalue weighted by Crippen LogP contribution is 2.36. The van der Waals surface area contributed by atoms with E-state index in [1.54, 1.807) is 4.90 Å². The van der Waals surface area contributed by atoms with E-state index in [0.717, 1.165) is 17.9 Å². The number of carbonyl (C=O) groups excluding carboxylic acids is 1. The first kappa shape index (κ1) is 13.9. The summed E-state index contributed by atoms with van der Waals surface area (Å²) in [6.07, 6.45) is 0.797. The van der Waals surface area contributed by atoms with Crippen molar-refractivity contribution in [3.63, 3.8) is 0 Å². The Morgan fingerprint density at radius 1 is 1.37 bits per heavy atom. The topological polar surface area (TPSA) is 55.6 Å². The summed E-state index contributed by atoms with van der Waals surface area (Å²) in [5.41, 5.74) is 7.66. The van der Waals surface area contributed by atoms with Crippen molar-refractivity contribution >= 4 is 11.6 Å². The summed E-state index contributed by atoms with van der Waals surface area (Å²) in [6.45, 7) is 7.82. The summed E-state index contributed by atoms with van der Waals surface area (Å²) in [6, 6.07) is 6.08. The van der Waals surface area contributed by atoms with Gasteiger partial charge < -0.3 is 15.4 Å². The molecule has 19 heavy (non-hydrogen) atoms. The van der Waals surface area contributed by atoms with Gasteiger partial charge in [0, 0.05) is 6.54 Å². The quantitative estimate of drug-likeness (QED) is 0.907. The van der Waals surface area contributed by atoms with Gasteiger partial charge in [0.05, 0.1) is 5.69 Å². The molecule has 0 aromatic heterocycles. The van der Waals surface area contributed by atoms with Crippen LogP contribution >= 0.6 is 0 Å². The monoisotopic (exact) mass is 262 g/mol. The van der Waals surface area contributed by atoms with Crippen molar-refractivity contribution in [2.75, 3.05) is 24.6 Å². The number of amides is 1. The van der Waals surface area contributed by atoms with Gasteiger partial charge in [-0.05, 0) is 36.1 Å².